The maximum atomic E-state index is 12.1. The maximum Gasteiger partial charge on any atom is 0.263 e. The minimum atomic E-state index is -3.60. The molecule has 0 saturated carbocycles. The van der Waals surface area contributed by atoms with E-state index in [0.717, 1.165) is 23.8 Å². The lowest BCUT2D eigenvalue weighted by molar-refractivity contribution is 0.601. The molecular weight excluding hydrogens is 284 g/mol. The number of aromatic nitrogens is 2. The van der Waals surface area contributed by atoms with Crippen LogP contribution in [0, 0.1) is 6.92 Å². The van der Waals surface area contributed by atoms with Crippen molar-refractivity contribution in [2.24, 2.45) is 0 Å². The topological polar surface area (TPSA) is 84.0 Å². The maximum absolute atomic E-state index is 12.1. The van der Waals surface area contributed by atoms with Crippen LogP contribution >= 0.6 is 11.5 Å². The number of nitrogens with one attached hydrogen (secondary N) is 2. The molecular formula is C11H14N4O2S2. The largest absolute Gasteiger partial charge is 0.385 e. The molecule has 1 aromatic carbocycles. The summed E-state index contributed by atoms with van der Waals surface area (Å²) in [6.07, 6.45) is 0. The summed E-state index contributed by atoms with van der Waals surface area (Å²) in [4.78, 5) is 4.17. The smallest absolute Gasteiger partial charge is 0.263 e. The van der Waals surface area contributed by atoms with Crippen LogP contribution in [0.15, 0.2) is 29.2 Å². The average Bonchev–Trinajstić information content (AvgIpc) is 2.75. The molecule has 1 aromatic heterocycles. The first-order valence-corrected chi connectivity index (χ1v) is 7.94. The fraction of sp³-hybridized carbons (Fsp3) is 0.273. The highest BCUT2D eigenvalue weighted by Gasteiger charge is 2.16. The van der Waals surface area contributed by atoms with Crippen LogP contribution in [0.2, 0.25) is 0 Å². The molecule has 2 aromatic rings. The van der Waals surface area contributed by atoms with Gasteiger partial charge in [0.05, 0.1) is 4.90 Å². The molecule has 8 heteroatoms. The fourth-order valence-electron chi connectivity index (χ4n) is 1.47. The highest BCUT2D eigenvalue weighted by atomic mass is 32.2. The van der Waals surface area contributed by atoms with Crippen molar-refractivity contribution in [1.82, 2.24) is 9.36 Å². The van der Waals surface area contributed by atoms with E-state index in [4.69, 9.17) is 0 Å². The first-order chi connectivity index (χ1) is 9.01. The van der Waals surface area contributed by atoms with Gasteiger partial charge in [0.15, 0.2) is 0 Å². The molecule has 0 aliphatic heterocycles. The van der Waals surface area contributed by atoms with Crippen LogP contribution in [0.4, 0.5) is 10.8 Å². The monoisotopic (exact) mass is 298 g/mol. The van der Waals surface area contributed by atoms with Gasteiger partial charge >= 0.3 is 0 Å². The second-order valence-electron chi connectivity index (χ2n) is 3.81. The predicted octanol–water partition coefficient (Wildman–Crippen LogP) is 2.08. The van der Waals surface area contributed by atoms with Crippen molar-refractivity contribution in [3.63, 3.8) is 0 Å². The molecule has 19 heavy (non-hydrogen) atoms. The summed E-state index contributed by atoms with van der Waals surface area (Å²) in [5.41, 5.74) is 0.883. The summed E-state index contributed by atoms with van der Waals surface area (Å²) in [5.74, 6) is 0.546. The van der Waals surface area contributed by atoms with Gasteiger partial charge in [-0.2, -0.15) is 4.37 Å². The zero-order valence-electron chi connectivity index (χ0n) is 10.5. The van der Waals surface area contributed by atoms with Gasteiger partial charge in [-0.3, -0.25) is 4.72 Å². The van der Waals surface area contributed by atoms with Crippen molar-refractivity contribution in [1.29, 1.82) is 0 Å². The van der Waals surface area contributed by atoms with E-state index in [1.54, 1.807) is 31.2 Å². The molecule has 0 atom stereocenters. The summed E-state index contributed by atoms with van der Waals surface area (Å²) in [5, 5.41) is 3.38. The summed E-state index contributed by atoms with van der Waals surface area (Å²) in [6, 6.07) is 6.55. The Morgan fingerprint density at radius 3 is 2.47 bits per heavy atom. The van der Waals surface area contributed by atoms with Crippen molar-refractivity contribution in [3.8, 4) is 0 Å². The molecule has 2 N–H and O–H groups in total. The molecule has 0 aliphatic carbocycles. The van der Waals surface area contributed by atoms with Gasteiger partial charge in [0.2, 0.25) is 5.13 Å². The van der Waals surface area contributed by atoms with E-state index in [2.05, 4.69) is 19.4 Å². The van der Waals surface area contributed by atoms with E-state index in [9.17, 15) is 8.42 Å². The van der Waals surface area contributed by atoms with Gasteiger partial charge in [0, 0.05) is 23.8 Å². The van der Waals surface area contributed by atoms with Crippen LogP contribution in [0.25, 0.3) is 0 Å². The number of nitrogens with zero attached hydrogens (tertiary/aromatic N) is 2. The van der Waals surface area contributed by atoms with E-state index < -0.39 is 10.0 Å². The zero-order valence-corrected chi connectivity index (χ0v) is 12.2. The highest BCUT2D eigenvalue weighted by Crippen LogP contribution is 2.19. The van der Waals surface area contributed by atoms with Crippen LogP contribution in [0.3, 0.4) is 0 Å². The Morgan fingerprint density at radius 2 is 1.95 bits per heavy atom. The van der Waals surface area contributed by atoms with Crippen molar-refractivity contribution in [2.45, 2.75) is 18.7 Å². The van der Waals surface area contributed by atoms with Crippen molar-refractivity contribution >= 4 is 32.4 Å². The molecule has 0 unspecified atom stereocenters. The van der Waals surface area contributed by atoms with E-state index in [-0.39, 0.29) is 10.0 Å². The molecule has 0 amide bonds. The lowest BCUT2D eigenvalue weighted by Crippen LogP contribution is -2.12. The first kappa shape index (κ1) is 13.8. The fourth-order valence-corrected chi connectivity index (χ4v) is 3.27. The number of hydrogen-bond acceptors (Lipinski definition) is 6. The van der Waals surface area contributed by atoms with E-state index in [1.807, 2.05) is 6.92 Å². The average molecular weight is 298 g/mol. The number of benzene rings is 1. The Balaban J connectivity index is 2.19. The van der Waals surface area contributed by atoms with E-state index in [1.165, 1.54) is 0 Å². The van der Waals surface area contributed by atoms with Gasteiger partial charge in [-0.1, -0.05) is 0 Å². The van der Waals surface area contributed by atoms with E-state index >= 15 is 0 Å². The first-order valence-electron chi connectivity index (χ1n) is 5.68. The van der Waals surface area contributed by atoms with Crippen LogP contribution in [0.1, 0.15) is 12.7 Å². The number of hydrogen-bond donors (Lipinski definition) is 2. The van der Waals surface area contributed by atoms with Gasteiger partial charge < -0.3 is 5.32 Å². The molecule has 2 rings (SSSR count). The predicted molar refractivity (Wildman–Crippen MR) is 76.1 cm³/mol. The van der Waals surface area contributed by atoms with Gasteiger partial charge in [0.25, 0.3) is 10.0 Å². The molecule has 6 nitrogen and oxygen atoms in total. The molecule has 102 valence electrons. The van der Waals surface area contributed by atoms with Crippen molar-refractivity contribution < 1.29 is 8.42 Å². The quantitative estimate of drug-likeness (QED) is 0.883. The molecule has 0 aliphatic rings. The van der Waals surface area contributed by atoms with Crippen LogP contribution in [0.5, 0.6) is 0 Å². The minimum Gasteiger partial charge on any atom is -0.385 e. The second kappa shape index (κ2) is 5.54. The molecule has 0 radical (unpaired) electrons. The van der Waals surface area contributed by atoms with Gasteiger partial charge in [-0.05, 0) is 38.1 Å². The number of anilines is 2. The molecule has 0 saturated heterocycles. The summed E-state index contributed by atoms with van der Waals surface area (Å²) >= 11 is 1.02. The van der Waals surface area contributed by atoms with Crippen LogP contribution < -0.4 is 10.0 Å². The molecule has 0 fully saturated rings. The Labute approximate surface area is 116 Å². The standard InChI is InChI=1S/C11H14N4O2S2/c1-3-12-9-4-6-10(7-5-9)19(16,17)15-11-13-8(2)14-18-11/h4-7,12H,3H2,1-2H3,(H,13,14,15). The molecule has 1 heterocycles. The number of rotatable bonds is 5. The van der Waals surface area contributed by atoms with Gasteiger partial charge in [0.1, 0.15) is 5.82 Å². The lowest BCUT2D eigenvalue weighted by atomic mass is 10.3. The minimum absolute atomic E-state index is 0.196. The molecule has 0 spiro atoms. The third-order valence-corrected chi connectivity index (χ3v) is 4.50. The van der Waals surface area contributed by atoms with Gasteiger partial charge in [-0.25, -0.2) is 13.4 Å². The van der Waals surface area contributed by atoms with Crippen LogP contribution in [-0.4, -0.2) is 24.3 Å². The third-order valence-electron chi connectivity index (χ3n) is 2.29. The Morgan fingerprint density at radius 1 is 1.26 bits per heavy atom. The van der Waals surface area contributed by atoms with Crippen LogP contribution in [-0.2, 0) is 10.0 Å². The van der Waals surface area contributed by atoms with Crippen molar-refractivity contribution in [2.75, 3.05) is 16.6 Å². The summed E-state index contributed by atoms with van der Waals surface area (Å²) < 4.78 is 30.5. The number of sulfonamides is 1. The highest BCUT2D eigenvalue weighted by molar-refractivity contribution is 7.93. The normalized spacial score (nSPS) is 11.3. The van der Waals surface area contributed by atoms with Gasteiger partial charge in [-0.15, -0.1) is 0 Å². The SMILES string of the molecule is CCNc1ccc(S(=O)(=O)Nc2nc(C)ns2)cc1. The Hall–Kier alpha value is -1.67. The van der Waals surface area contributed by atoms with E-state index in [0.29, 0.717) is 5.82 Å². The Bertz CT molecular complexity index is 650. The second-order valence-corrected chi connectivity index (χ2v) is 6.24. The zero-order chi connectivity index (χ0) is 13.9. The number of aryl methyl sites for hydroxylation is 1. The molecule has 0 bridgehead atoms. The summed E-state index contributed by atoms with van der Waals surface area (Å²) in [7, 11) is -3.60. The third kappa shape index (κ3) is 3.42. The Kier molecular flexibility index (Phi) is 4.01. The summed E-state index contributed by atoms with van der Waals surface area (Å²) in [6.45, 7) is 4.47. The lowest BCUT2D eigenvalue weighted by Gasteiger charge is -2.06. The van der Waals surface area contributed by atoms with Crippen molar-refractivity contribution in [3.05, 3.63) is 30.1 Å².